The van der Waals surface area contributed by atoms with Gasteiger partial charge in [-0.1, -0.05) is 17.7 Å². The summed E-state index contributed by atoms with van der Waals surface area (Å²) >= 11 is 6.12. The van der Waals surface area contributed by atoms with Gasteiger partial charge in [0, 0.05) is 36.9 Å². The fourth-order valence-electron chi connectivity index (χ4n) is 2.20. The van der Waals surface area contributed by atoms with E-state index in [0.29, 0.717) is 13.1 Å². The van der Waals surface area contributed by atoms with Crippen molar-refractivity contribution in [1.29, 1.82) is 0 Å². The molecule has 1 saturated heterocycles. The van der Waals surface area contributed by atoms with Gasteiger partial charge in [0.25, 0.3) is 0 Å². The van der Waals surface area contributed by atoms with Crippen molar-refractivity contribution in [3.05, 3.63) is 28.8 Å². The van der Waals surface area contributed by atoms with Gasteiger partial charge in [-0.2, -0.15) is 0 Å². The summed E-state index contributed by atoms with van der Waals surface area (Å²) < 4.78 is 4.72. The number of nitrogens with zero attached hydrogens (tertiary/aromatic N) is 2. The summed E-state index contributed by atoms with van der Waals surface area (Å²) in [5, 5.41) is 0.780. The predicted octanol–water partition coefficient (Wildman–Crippen LogP) is 2.54. The number of piperazine rings is 1. The number of hydrogen-bond donors (Lipinski definition) is 0. The van der Waals surface area contributed by atoms with E-state index < -0.39 is 0 Å². The van der Waals surface area contributed by atoms with Gasteiger partial charge in [-0.15, -0.1) is 0 Å². The first-order valence-electron chi connectivity index (χ1n) is 5.96. The number of amides is 1. The number of methoxy groups -OCH3 is 1. The van der Waals surface area contributed by atoms with Crippen LogP contribution in [0.3, 0.4) is 0 Å². The number of hydrogen-bond acceptors (Lipinski definition) is 3. The minimum atomic E-state index is -0.252. The van der Waals surface area contributed by atoms with Crippen LogP contribution in [0.15, 0.2) is 18.2 Å². The van der Waals surface area contributed by atoms with Crippen LogP contribution in [0.4, 0.5) is 10.5 Å². The lowest BCUT2D eigenvalue weighted by Gasteiger charge is -2.36. The molecule has 1 aromatic carbocycles. The first-order chi connectivity index (χ1) is 8.63. The van der Waals surface area contributed by atoms with Gasteiger partial charge in [-0.05, 0) is 24.6 Å². The Morgan fingerprint density at radius 1 is 1.28 bits per heavy atom. The highest BCUT2D eigenvalue weighted by Crippen LogP contribution is 2.27. The number of carbonyl (C=O) groups is 1. The predicted molar refractivity (Wildman–Crippen MR) is 72.4 cm³/mol. The number of halogens is 1. The molecular formula is C13H17ClN2O2. The van der Waals surface area contributed by atoms with Crippen LogP contribution in [0.25, 0.3) is 0 Å². The molecule has 1 aromatic rings. The fraction of sp³-hybridized carbons (Fsp3) is 0.462. The van der Waals surface area contributed by atoms with Crippen LogP contribution < -0.4 is 4.90 Å². The summed E-state index contributed by atoms with van der Waals surface area (Å²) in [6.07, 6.45) is -0.252. The van der Waals surface area contributed by atoms with Crippen LogP contribution in [0.2, 0.25) is 5.02 Å². The molecule has 0 bridgehead atoms. The average molecular weight is 269 g/mol. The molecule has 98 valence electrons. The highest BCUT2D eigenvalue weighted by Gasteiger charge is 2.22. The minimum absolute atomic E-state index is 0.252. The van der Waals surface area contributed by atoms with E-state index in [4.69, 9.17) is 16.3 Å². The molecule has 0 unspecified atom stereocenters. The van der Waals surface area contributed by atoms with E-state index in [1.807, 2.05) is 19.1 Å². The van der Waals surface area contributed by atoms with Crippen molar-refractivity contribution < 1.29 is 9.53 Å². The summed E-state index contributed by atoms with van der Waals surface area (Å²) in [6.45, 7) is 4.98. The van der Waals surface area contributed by atoms with Gasteiger partial charge in [0.05, 0.1) is 7.11 Å². The van der Waals surface area contributed by atoms with E-state index in [0.717, 1.165) is 29.4 Å². The topological polar surface area (TPSA) is 32.8 Å². The lowest BCUT2D eigenvalue weighted by atomic mass is 10.1. The molecule has 1 amide bonds. The summed E-state index contributed by atoms with van der Waals surface area (Å²) in [4.78, 5) is 15.4. The maximum Gasteiger partial charge on any atom is 0.409 e. The molecule has 0 spiro atoms. The van der Waals surface area contributed by atoms with E-state index in [9.17, 15) is 4.79 Å². The number of ether oxygens (including phenoxy) is 1. The number of rotatable bonds is 1. The molecule has 5 heteroatoms. The highest BCUT2D eigenvalue weighted by molar-refractivity contribution is 6.31. The number of carbonyl (C=O) groups excluding carboxylic acids is 1. The van der Waals surface area contributed by atoms with Crippen molar-refractivity contribution in [2.45, 2.75) is 6.92 Å². The summed E-state index contributed by atoms with van der Waals surface area (Å²) in [7, 11) is 1.41. The Morgan fingerprint density at radius 3 is 2.56 bits per heavy atom. The lowest BCUT2D eigenvalue weighted by Crippen LogP contribution is -2.48. The second kappa shape index (κ2) is 5.48. The standard InChI is InChI=1S/C13H17ClN2O2/c1-10-11(14)4-3-5-12(10)15-6-8-16(9-7-15)13(17)18-2/h3-5H,6-9H2,1-2H3. The van der Waals surface area contributed by atoms with Gasteiger partial charge in [-0.3, -0.25) is 0 Å². The van der Waals surface area contributed by atoms with Gasteiger partial charge >= 0.3 is 6.09 Å². The normalized spacial score (nSPS) is 15.7. The maximum atomic E-state index is 11.4. The summed E-state index contributed by atoms with van der Waals surface area (Å²) in [6, 6.07) is 5.91. The SMILES string of the molecule is COC(=O)N1CCN(c2cccc(Cl)c2C)CC1. The van der Waals surface area contributed by atoms with Gasteiger partial charge < -0.3 is 14.5 Å². The average Bonchev–Trinajstić information content (AvgIpc) is 2.41. The largest absolute Gasteiger partial charge is 0.453 e. The number of anilines is 1. The number of benzene rings is 1. The zero-order chi connectivity index (χ0) is 13.1. The minimum Gasteiger partial charge on any atom is -0.453 e. The zero-order valence-electron chi connectivity index (χ0n) is 10.6. The molecule has 1 aliphatic heterocycles. The summed E-state index contributed by atoms with van der Waals surface area (Å²) in [5.41, 5.74) is 2.23. The molecule has 0 N–H and O–H groups in total. The van der Waals surface area contributed by atoms with E-state index in [-0.39, 0.29) is 6.09 Å². The van der Waals surface area contributed by atoms with Crippen molar-refractivity contribution in [3.8, 4) is 0 Å². The Bertz CT molecular complexity index is 443. The zero-order valence-corrected chi connectivity index (χ0v) is 11.4. The van der Waals surface area contributed by atoms with Crippen LogP contribution in [0.5, 0.6) is 0 Å². The van der Waals surface area contributed by atoms with E-state index >= 15 is 0 Å². The van der Waals surface area contributed by atoms with E-state index in [2.05, 4.69) is 11.0 Å². The molecule has 0 atom stereocenters. The Morgan fingerprint density at radius 2 is 1.94 bits per heavy atom. The van der Waals surface area contributed by atoms with Gasteiger partial charge in [0.15, 0.2) is 0 Å². The molecule has 1 fully saturated rings. The van der Waals surface area contributed by atoms with Crippen LogP contribution in [-0.2, 0) is 4.74 Å². The maximum absolute atomic E-state index is 11.4. The Labute approximate surface area is 112 Å². The van der Waals surface area contributed by atoms with Crippen molar-refractivity contribution in [2.24, 2.45) is 0 Å². The Kier molecular flexibility index (Phi) is 3.97. The second-order valence-electron chi connectivity index (χ2n) is 4.33. The highest BCUT2D eigenvalue weighted by atomic mass is 35.5. The third kappa shape index (κ3) is 2.53. The third-order valence-corrected chi connectivity index (χ3v) is 3.70. The van der Waals surface area contributed by atoms with Crippen molar-refractivity contribution in [1.82, 2.24) is 4.90 Å². The third-order valence-electron chi connectivity index (χ3n) is 3.29. The lowest BCUT2D eigenvalue weighted by molar-refractivity contribution is 0.121. The van der Waals surface area contributed by atoms with Crippen LogP contribution in [0, 0.1) is 6.92 Å². The molecule has 4 nitrogen and oxygen atoms in total. The van der Waals surface area contributed by atoms with E-state index in [1.54, 1.807) is 4.90 Å². The van der Waals surface area contributed by atoms with E-state index in [1.165, 1.54) is 7.11 Å². The first kappa shape index (κ1) is 13.0. The van der Waals surface area contributed by atoms with Gasteiger partial charge in [0.1, 0.15) is 0 Å². The smallest absolute Gasteiger partial charge is 0.409 e. The molecule has 2 rings (SSSR count). The van der Waals surface area contributed by atoms with Gasteiger partial charge in [0.2, 0.25) is 0 Å². The molecule has 0 saturated carbocycles. The van der Waals surface area contributed by atoms with Crippen molar-refractivity contribution in [2.75, 3.05) is 38.2 Å². The van der Waals surface area contributed by atoms with Crippen molar-refractivity contribution >= 4 is 23.4 Å². The molecule has 0 aromatic heterocycles. The first-order valence-corrected chi connectivity index (χ1v) is 6.34. The quantitative estimate of drug-likeness (QED) is 0.785. The molecular weight excluding hydrogens is 252 g/mol. The molecule has 0 radical (unpaired) electrons. The Hall–Kier alpha value is -1.42. The molecule has 0 aliphatic carbocycles. The molecule has 1 heterocycles. The van der Waals surface area contributed by atoms with Crippen molar-refractivity contribution in [3.63, 3.8) is 0 Å². The second-order valence-corrected chi connectivity index (χ2v) is 4.74. The van der Waals surface area contributed by atoms with Crippen LogP contribution >= 0.6 is 11.6 Å². The molecule has 18 heavy (non-hydrogen) atoms. The van der Waals surface area contributed by atoms with Gasteiger partial charge in [-0.25, -0.2) is 4.79 Å². The fourth-order valence-corrected chi connectivity index (χ4v) is 2.37. The molecule has 1 aliphatic rings. The monoisotopic (exact) mass is 268 g/mol. The van der Waals surface area contributed by atoms with Crippen LogP contribution in [0.1, 0.15) is 5.56 Å². The van der Waals surface area contributed by atoms with Crippen LogP contribution in [-0.4, -0.2) is 44.3 Å². The Balaban J connectivity index is 2.06. The summed E-state index contributed by atoms with van der Waals surface area (Å²) in [5.74, 6) is 0.